The van der Waals surface area contributed by atoms with E-state index in [0.717, 1.165) is 34.5 Å². The highest BCUT2D eigenvalue weighted by Crippen LogP contribution is 2.21. The molecule has 0 atom stereocenters. The monoisotopic (exact) mass is 472 g/mol. The fraction of sp³-hybridized carbons (Fsp3) is 0.179. The Bertz CT molecular complexity index is 1230. The van der Waals surface area contributed by atoms with Crippen molar-refractivity contribution in [1.82, 2.24) is 0 Å². The Morgan fingerprint density at radius 3 is 2.37 bits per heavy atom. The molecule has 180 valence electrons. The van der Waals surface area contributed by atoms with Gasteiger partial charge >= 0.3 is 5.97 Å². The summed E-state index contributed by atoms with van der Waals surface area (Å²) in [7, 11) is 1.58. The molecule has 2 N–H and O–H groups in total. The predicted octanol–water partition coefficient (Wildman–Crippen LogP) is 5.01. The third-order valence-corrected chi connectivity index (χ3v) is 5.29. The van der Waals surface area contributed by atoms with Crippen molar-refractivity contribution >= 4 is 35.2 Å². The van der Waals surface area contributed by atoms with Crippen LogP contribution in [0, 0.1) is 6.92 Å². The molecule has 0 spiro atoms. The Labute approximate surface area is 204 Å². The second-order valence-corrected chi connectivity index (χ2v) is 7.73. The number of para-hydroxylation sites is 2. The number of rotatable bonds is 9. The van der Waals surface area contributed by atoms with Gasteiger partial charge in [-0.25, -0.2) is 4.79 Å². The molecule has 7 heteroatoms. The first-order chi connectivity index (χ1) is 16.9. The average Bonchev–Trinajstić information content (AvgIpc) is 2.87. The van der Waals surface area contributed by atoms with Gasteiger partial charge in [0.2, 0.25) is 5.91 Å². The van der Waals surface area contributed by atoms with Crippen LogP contribution in [-0.2, 0) is 20.7 Å². The van der Waals surface area contributed by atoms with Gasteiger partial charge in [0, 0.05) is 11.8 Å². The van der Waals surface area contributed by atoms with Crippen LogP contribution in [0.4, 0.5) is 11.4 Å². The van der Waals surface area contributed by atoms with Crippen LogP contribution >= 0.6 is 0 Å². The van der Waals surface area contributed by atoms with E-state index in [1.165, 1.54) is 12.1 Å². The van der Waals surface area contributed by atoms with Crippen LogP contribution in [0.25, 0.3) is 6.08 Å². The van der Waals surface area contributed by atoms with Gasteiger partial charge < -0.3 is 20.1 Å². The smallest absolute Gasteiger partial charge is 0.340 e. The van der Waals surface area contributed by atoms with Crippen LogP contribution < -0.4 is 15.4 Å². The Morgan fingerprint density at radius 2 is 1.66 bits per heavy atom. The highest BCUT2D eigenvalue weighted by molar-refractivity contribution is 6.06. The van der Waals surface area contributed by atoms with Gasteiger partial charge in [0.1, 0.15) is 5.75 Å². The van der Waals surface area contributed by atoms with E-state index in [2.05, 4.69) is 10.6 Å². The molecule has 0 saturated carbocycles. The first-order valence-electron chi connectivity index (χ1n) is 11.2. The summed E-state index contributed by atoms with van der Waals surface area (Å²) in [4.78, 5) is 37.5. The van der Waals surface area contributed by atoms with E-state index in [-0.39, 0.29) is 11.3 Å². The number of hydrogen-bond acceptors (Lipinski definition) is 5. The number of carbonyl (C=O) groups is 3. The van der Waals surface area contributed by atoms with Crippen molar-refractivity contribution in [3.63, 3.8) is 0 Å². The summed E-state index contributed by atoms with van der Waals surface area (Å²) >= 11 is 0. The Morgan fingerprint density at radius 1 is 0.914 bits per heavy atom. The number of anilines is 2. The fourth-order valence-corrected chi connectivity index (χ4v) is 3.42. The van der Waals surface area contributed by atoms with E-state index in [1.807, 2.05) is 44.2 Å². The summed E-state index contributed by atoms with van der Waals surface area (Å²) in [6.07, 6.45) is 3.78. The topological polar surface area (TPSA) is 93.7 Å². The van der Waals surface area contributed by atoms with Crippen LogP contribution in [0.15, 0.2) is 72.8 Å². The highest BCUT2D eigenvalue weighted by atomic mass is 16.5. The lowest BCUT2D eigenvalue weighted by Gasteiger charge is -2.13. The summed E-state index contributed by atoms with van der Waals surface area (Å²) in [5.74, 6) is -0.843. The van der Waals surface area contributed by atoms with Gasteiger partial charge in [0.15, 0.2) is 6.61 Å². The maximum Gasteiger partial charge on any atom is 0.340 e. The molecule has 0 radical (unpaired) electrons. The third kappa shape index (κ3) is 7.04. The van der Waals surface area contributed by atoms with E-state index >= 15 is 0 Å². The molecule has 0 aliphatic heterocycles. The fourth-order valence-electron chi connectivity index (χ4n) is 3.42. The maximum absolute atomic E-state index is 12.7. The molecular weight excluding hydrogens is 444 g/mol. The van der Waals surface area contributed by atoms with Gasteiger partial charge in [0.25, 0.3) is 5.91 Å². The van der Waals surface area contributed by atoms with Crippen LogP contribution in [-0.4, -0.2) is 31.5 Å². The summed E-state index contributed by atoms with van der Waals surface area (Å²) in [5, 5.41) is 5.50. The van der Waals surface area contributed by atoms with Gasteiger partial charge in [-0.3, -0.25) is 9.59 Å². The van der Waals surface area contributed by atoms with Gasteiger partial charge in [-0.15, -0.1) is 0 Å². The minimum atomic E-state index is -0.712. The lowest BCUT2D eigenvalue weighted by Crippen LogP contribution is -2.22. The van der Waals surface area contributed by atoms with Gasteiger partial charge in [0.05, 0.1) is 18.4 Å². The summed E-state index contributed by atoms with van der Waals surface area (Å²) in [6, 6.07) is 19.5. The Kier molecular flexibility index (Phi) is 8.78. The number of carbonyl (C=O) groups excluding carboxylic acids is 3. The van der Waals surface area contributed by atoms with Crippen molar-refractivity contribution in [2.75, 3.05) is 24.4 Å². The summed E-state index contributed by atoms with van der Waals surface area (Å²) < 4.78 is 10.3. The molecule has 0 fully saturated rings. The number of esters is 1. The standard InChI is InChI=1S/C28H28N2O5/c1-4-21-9-7-8-19(2)27(21)30-26(32)18-35-28(33)23-10-5-6-11-24(23)29-25(31)17-14-20-12-15-22(34-3)16-13-20/h5-17H,4,18H2,1-3H3,(H,29,31)(H,30,32)/b17-14+. The quantitative estimate of drug-likeness (QED) is 0.337. The zero-order chi connectivity index (χ0) is 25.2. The number of ether oxygens (including phenoxy) is 2. The number of methoxy groups -OCH3 is 1. The highest BCUT2D eigenvalue weighted by Gasteiger charge is 2.16. The molecule has 3 rings (SSSR count). The van der Waals surface area contributed by atoms with Crippen molar-refractivity contribution < 1.29 is 23.9 Å². The molecule has 0 aliphatic carbocycles. The van der Waals surface area contributed by atoms with Crippen LogP contribution in [0.2, 0.25) is 0 Å². The molecule has 2 amide bonds. The number of amides is 2. The molecule has 0 aromatic heterocycles. The predicted molar refractivity (Wildman–Crippen MR) is 137 cm³/mol. The lowest BCUT2D eigenvalue weighted by molar-refractivity contribution is -0.119. The first-order valence-corrected chi connectivity index (χ1v) is 11.2. The van der Waals surface area contributed by atoms with Gasteiger partial charge in [-0.1, -0.05) is 49.4 Å². The number of benzene rings is 3. The molecule has 0 aliphatic rings. The zero-order valence-electron chi connectivity index (χ0n) is 20.0. The summed E-state index contributed by atoms with van der Waals surface area (Å²) in [6.45, 7) is 3.46. The van der Waals surface area contributed by atoms with Crippen LogP contribution in [0.3, 0.4) is 0 Å². The molecule has 7 nitrogen and oxygen atoms in total. The number of nitrogens with one attached hydrogen (secondary N) is 2. The molecule has 0 bridgehead atoms. The SMILES string of the molecule is CCc1cccc(C)c1NC(=O)COC(=O)c1ccccc1NC(=O)/C=C/c1ccc(OC)cc1. The molecule has 35 heavy (non-hydrogen) atoms. The Hall–Kier alpha value is -4.39. The summed E-state index contributed by atoms with van der Waals surface area (Å²) in [5.41, 5.74) is 3.92. The van der Waals surface area contributed by atoms with Gasteiger partial charge in [-0.05, 0) is 60.4 Å². The lowest BCUT2D eigenvalue weighted by atomic mass is 10.1. The average molecular weight is 473 g/mol. The van der Waals surface area contributed by atoms with Gasteiger partial charge in [-0.2, -0.15) is 0 Å². The van der Waals surface area contributed by atoms with Crippen molar-refractivity contribution in [3.8, 4) is 5.75 Å². The Balaban J connectivity index is 1.60. The van der Waals surface area contributed by atoms with E-state index < -0.39 is 24.4 Å². The molecule has 0 unspecified atom stereocenters. The second kappa shape index (κ2) is 12.2. The van der Waals surface area contributed by atoms with Crippen molar-refractivity contribution in [2.45, 2.75) is 20.3 Å². The maximum atomic E-state index is 12.7. The van der Waals surface area contributed by atoms with Crippen molar-refractivity contribution in [1.29, 1.82) is 0 Å². The van der Waals surface area contributed by atoms with E-state index in [1.54, 1.807) is 43.5 Å². The molecule has 0 heterocycles. The van der Waals surface area contributed by atoms with E-state index in [0.29, 0.717) is 0 Å². The molecule has 0 saturated heterocycles. The van der Waals surface area contributed by atoms with Crippen molar-refractivity contribution in [2.24, 2.45) is 0 Å². The molecular formula is C28H28N2O5. The van der Waals surface area contributed by atoms with E-state index in [9.17, 15) is 14.4 Å². The zero-order valence-corrected chi connectivity index (χ0v) is 20.0. The minimum absolute atomic E-state index is 0.150. The number of aryl methyl sites for hydroxylation is 2. The third-order valence-electron chi connectivity index (χ3n) is 5.29. The molecule has 3 aromatic carbocycles. The first kappa shape index (κ1) is 25.2. The minimum Gasteiger partial charge on any atom is -0.497 e. The van der Waals surface area contributed by atoms with E-state index in [4.69, 9.17) is 9.47 Å². The van der Waals surface area contributed by atoms with Crippen LogP contribution in [0.5, 0.6) is 5.75 Å². The largest absolute Gasteiger partial charge is 0.497 e. The second-order valence-electron chi connectivity index (χ2n) is 7.73. The molecule has 3 aromatic rings. The van der Waals surface area contributed by atoms with Crippen molar-refractivity contribution in [3.05, 3.63) is 95.1 Å². The normalized spacial score (nSPS) is 10.6. The van der Waals surface area contributed by atoms with Crippen LogP contribution in [0.1, 0.15) is 34.0 Å². The number of hydrogen-bond donors (Lipinski definition) is 2.